The van der Waals surface area contributed by atoms with Crippen LogP contribution >= 0.6 is 0 Å². The Labute approximate surface area is 222 Å². The minimum atomic E-state index is 0. The predicted octanol–water partition coefficient (Wildman–Crippen LogP) is 9.20. The molecule has 1 aromatic heterocycles. The summed E-state index contributed by atoms with van der Waals surface area (Å²) in [4.78, 5) is 4.54. The summed E-state index contributed by atoms with van der Waals surface area (Å²) >= 11 is 0. The molecule has 0 fully saturated rings. The van der Waals surface area contributed by atoms with Crippen molar-refractivity contribution < 1.29 is 20.1 Å². The first-order chi connectivity index (χ1) is 15.1. The molecule has 1 heterocycles. The van der Waals surface area contributed by atoms with Crippen LogP contribution in [0.15, 0.2) is 72.0 Å². The monoisotopic (exact) mass is 631 g/mol. The molecule has 0 atom stereocenters. The minimum absolute atomic E-state index is 0. The molecule has 0 saturated heterocycles. The van der Waals surface area contributed by atoms with Crippen molar-refractivity contribution in [3.05, 3.63) is 97.1 Å². The summed E-state index contributed by atoms with van der Waals surface area (Å²) in [5.74, 6) is 0. The number of benzene rings is 2. The van der Waals surface area contributed by atoms with Crippen LogP contribution in [-0.4, -0.2) is 4.98 Å². The average molecular weight is 631 g/mol. The molecular formula is C32H40IrN. The van der Waals surface area contributed by atoms with Gasteiger partial charge in [0, 0.05) is 6.20 Å². The maximum atomic E-state index is 5.95. The number of nitrogens with zero attached hydrogens (tertiary/aromatic N) is 1. The van der Waals surface area contributed by atoms with Gasteiger partial charge in [-0.2, -0.15) is 0 Å². The second kappa shape index (κ2) is 11.5. The molecule has 0 amide bonds. The van der Waals surface area contributed by atoms with Crippen molar-refractivity contribution >= 4 is 10.8 Å². The van der Waals surface area contributed by atoms with Gasteiger partial charge in [0.15, 0.2) is 0 Å². The number of hydrogen-bond donors (Lipinski definition) is 0. The van der Waals surface area contributed by atoms with Gasteiger partial charge in [0.2, 0.25) is 0 Å². The molecule has 182 valence electrons. The van der Waals surface area contributed by atoms with Crippen LogP contribution < -0.4 is 0 Å². The zero-order valence-electron chi connectivity index (χ0n) is 22.3. The van der Waals surface area contributed by atoms with Crippen LogP contribution in [0.3, 0.4) is 0 Å². The molecule has 0 aliphatic heterocycles. The van der Waals surface area contributed by atoms with Crippen molar-refractivity contribution in [2.75, 3.05) is 0 Å². The Balaban J connectivity index is 0.000000364. The summed E-state index contributed by atoms with van der Waals surface area (Å²) in [7, 11) is 0. The molecule has 0 unspecified atom stereocenters. The Morgan fingerprint density at radius 2 is 1.47 bits per heavy atom. The number of fused-ring (bicyclic) bond motifs is 1. The summed E-state index contributed by atoms with van der Waals surface area (Å²) in [6.45, 7) is 29.3. The SMILES string of the molecule is CC(C)(C)c1c[c-]c(-c2cc3ccccc3cn2)cc1.[CH-]=C(/C=C(\[CH2-])C(C)(C)C)C(C)(C)C.[Ir+3]. The van der Waals surface area contributed by atoms with Crippen molar-refractivity contribution in [3.8, 4) is 11.3 Å². The van der Waals surface area contributed by atoms with Crippen LogP contribution in [0.4, 0.5) is 0 Å². The largest absolute Gasteiger partial charge is 3.00 e. The van der Waals surface area contributed by atoms with E-state index in [4.69, 9.17) is 6.58 Å². The second-order valence-corrected chi connectivity index (χ2v) is 11.8. The maximum Gasteiger partial charge on any atom is 3.00 e. The second-order valence-electron chi connectivity index (χ2n) is 11.8. The molecular weight excluding hydrogens is 591 g/mol. The molecule has 3 aromatic rings. The third kappa shape index (κ3) is 8.57. The first kappa shape index (κ1) is 29.9. The number of allylic oxidation sites excluding steroid dienone is 3. The molecule has 0 radical (unpaired) electrons. The van der Waals surface area contributed by atoms with E-state index in [2.05, 4.69) is 123 Å². The molecule has 0 bridgehead atoms. The van der Waals surface area contributed by atoms with Crippen LogP contribution in [-0.2, 0) is 25.5 Å². The fourth-order valence-electron chi connectivity index (χ4n) is 2.90. The van der Waals surface area contributed by atoms with Gasteiger partial charge in [-0.3, -0.25) is 6.58 Å². The van der Waals surface area contributed by atoms with Gasteiger partial charge in [-0.15, -0.1) is 35.4 Å². The van der Waals surface area contributed by atoms with E-state index >= 15 is 0 Å². The van der Waals surface area contributed by atoms with Crippen molar-refractivity contribution in [1.82, 2.24) is 4.98 Å². The molecule has 0 saturated carbocycles. The molecule has 2 heteroatoms. The average Bonchev–Trinajstić information content (AvgIpc) is 2.72. The van der Waals surface area contributed by atoms with Crippen LogP contribution in [0.5, 0.6) is 0 Å². The van der Waals surface area contributed by atoms with Crippen molar-refractivity contribution in [1.29, 1.82) is 0 Å². The summed E-state index contributed by atoms with van der Waals surface area (Å²) in [5.41, 5.74) is 5.60. The van der Waals surface area contributed by atoms with E-state index in [1.165, 1.54) is 16.3 Å². The fraction of sp³-hybridized carbons (Fsp3) is 0.375. The Hall–Kier alpha value is -2.15. The first-order valence-electron chi connectivity index (χ1n) is 11.6. The molecule has 0 spiro atoms. The Morgan fingerprint density at radius 1 is 0.882 bits per heavy atom. The zero-order valence-corrected chi connectivity index (χ0v) is 24.7. The molecule has 2 aromatic carbocycles. The van der Waals surface area contributed by atoms with Gasteiger partial charge in [0.05, 0.1) is 0 Å². The topological polar surface area (TPSA) is 12.9 Å². The first-order valence-corrected chi connectivity index (χ1v) is 11.6. The summed E-state index contributed by atoms with van der Waals surface area (Å²) < 4.78 is 0. The van der Waals surface area contributed by atoms with Gasteiger partial charge in [0.25, 0.3) is 0 Å². The predicted molar refractivity (Wildman–Crippen MR) is 145 cm³/mol. The fourth-order valence-corrected chi connectivity index (χ4v) is 2.90. The molecule has 3 rings (SSSR count). The van der Waals surface area contributed by atoms with Crippen molar-refractivity contribution in [2.24, 2.45) is 10.8 Å². The van der Waals surface area contributed by atoms with E-state index in [1.807, 2.05) is 18.3 Å². The summed E-state index contributed by atoms with van der Waals surface area (Å²) in [5, 5.41) is 2.38. The zero-order chi connectivity index (χ0) is 25.0. The number of aromatic nitrogens is 1. The van der Waals surface area contributed by atoms with E-state index in [9.17, 15) is 0 Å². The van der Waals surface area contributed by atoms with Crippen LogP contribution in [0, 0.1) is 30.4 Å². The van der Waals surface area contributed by atoms with Gasteiger partial charge >= 0.3 is 20.1 Å². The van der Waals surface area contributed by atoms with E-state index in [0.29, 0.717) is 0 Å². The van der Waals surface area contributed by atoms with Crippen molar-refractivity contribution in [2.45, 2.75) is 67.7 Å². The van der Waals surface area contributed by atoms with E-state index in [0.717, 1.165) is 22.4 Å². The smallest absolute Gasteiger partial charge is 0.304 e. The standard InChI is InChI=1S/C19H18N.C13H22.Ir/c1-19(2,3)17-10-8-14(9-11-17)18-12-15-6-4-5-7-16(15)13-20-18;1-10(12(3,4)5)9-11(2)13(6,7)8;/h4-8,10-13H,1-3H3;1,9H,2H2,3-8H3;/q-1;-2;+3/b;11-9+;. The van der Waals surface area contributed by atoms with E-state index in [1.54, 1.807) is 0 Å². The number of rotatable bonds is 2. The third-order valence-electron chi connectivity index (χ3n) is 5.74. The summed E-state index contributed by atoms with van der Waals surface area (Å²) in [6.07, 6.45) is 3.93. The van der Waals surface area contributed by atoms with Gasteiger partial charge in [-0.1, -0.05) is 92.6 Å². The normalized spacial score (nSPS) is 12.4. The Kier molecular flexibility index (Phi) is 10.1. The van der Waals surface area contributed by atoms with Crippen LogP contribution in [0.1, 0.15) is 67.9 Å². The molecule has 1 nitrogen and oxygen atoms in total. The van der Waals surface area contributed by atoms with E-state index in [-0.39, 0.29) is 36.4 Å². The van der Waals surface area contributed by atoms with Crippen molar-refractivity contribution in [3.63, 3.8) is 0 Å². The molecule has 34 heavy (non-hydrogen) atoms. The maximum absolute atomic E-state index is 5.95. The molecule has 0 aliphatic carbocycles. The third-order valence-corrected chi connectivity index (χ3v) is 5.74. The van der Waals surface area contributed by atoms with E-state index < -0.39 is 0 Å². The number of hydrogen-bond acceptors (Lipinski definition) is 1. The molecule has 0 N–H and O–H groups in total. The van der Waals surface area contributed by atoms with Gasteiger partial charge in [-0.05, 0) is 32.7 Å². The summed E-state index contributed by atoms with van der Waals surface area (Å²) in [6, 6.07) is 20.1. The van der Waals surface area contributed by atoms with Crippen LogP contribution in [0.2, 0.25) is 0 Å². The Morgan fingerprint density at radius 3 is 1.94 bits per heavy atom. The minimum Gasteiger partial charge on any atom is -0.304 e. The Bertz CT molecular complexity index is 1110. The number of pyridine rings is 1. The van der Waals surface area contributed by atoms with Gasteiger partial charge < -0.3 is 4.98 Å². The molecule has 0 aliphatic rings. The van der Waals surface area contributed by atoms with Gasteiger partial charge in [-0.25, -0.2) is 24.1 Å². The van der Waals surface area contributed by atoms with Gasteiger partial charge in [0.1, 0.15) is 0 Å². The van der Waals surface area contributed by atoms with Crippen LogP contribution in [0.25, 0.3) is 22.0 Å². The quantitative estimate of drug-likeness (QED) is 0.203.